The van der Waals surface area contributed by atoms with Crippen LogP contribution in [0.2, 0.25) is 0 Å². The molecule has 2 unspecified atom stereocenters. The summed E-state index contributed by atoms with van der Waals surface area (Å²) in [5, 5.41) is 14.0. The van der Waals surface area contributed by atoms with E-state index in [-0.39, 0.29) is 5.92 Å². The van der Waals surface area contributed by atoms with Gasteiger partial charge in [-0.15, -0.1) is 0 Å². The fraction of sp³-hybridized carbons (Fsp3) is 0.647. The van der Waals surface area contributed by atoms with Gasteiger partial charge in [-0.1, -0.05) is 38.3 Å². The second kappa shape index (κ2) is 8.28. The second-order valence-electron chi connectivity index (χ2n) is 5.70. The van der Waals surface area contributed by atoms with E-state index in [1.807, 2.05) is 26.1 Å². The molecule has 2 atom stereocenters. The number of aliphatic hydroxyl groups is 1. The van der Waals surface area contributed by atoms with Crippen LogP contribution in [0.4, 0.5) is 0 Å². The Hall–Kier alpha value is -1.06. The molecule has 0 fully saturated rings. The molecule has 3 nitrogen and oxygen atoms in total. The predicted octanol–water partition coefficient (Wildman–Crippen LogP) is 3.33. The van der Waals surface area contributed by atoms with Crippen LogP contribution in [-0.4, -0.2) is 31.4 Å². The Bertz CT molecular complexity index is 373. The van der Waals surface area contributed by atoms with Crippen LogP contribution in [0, 0.1) is 0 Å². The van der Waals surface area contributed by atoms with Gasteiger partial charge in [-0.05, 0) is 38.1 Å². The number of benzene rings is 1. The minimum atomic E-state index is -0.688. The van der Waals surface area contributed by atoms with E-state index in [1.54, 1.807) is 7.11 Å². The zero-order valence-corrected chi connectivity index (χ0v) is 13.3. The molecule has 0 saturated carbocycles. The van der Waals surface area contributed by atoms with Gasteiger partial charge < -0.3 is 15.2 Å². The largest absolute Gasteiger partial charge is 0.497 e. The van der Waals surface area contributed by atoms with Gasteiger partial charge in [0.2, 0.25) is 0 Å². The number of hydrogen-bond donors (Lipinski definition) is 2. The lowest BCUT2D eigenvalue weighted by Crippen LogP contribution is -2.38. The van der Waals surface area contributed by atoms with Gasteiger partial charge in [0.15, 0.2) is 0 Å². The average Bonchev–Trinajstić information content (AvgIpc) is 2.45. The van der Waals surface area contributed by atoms with Crippen molar-refractivity contribution in [2.45, 2.75) is 51.0 Å². The lowest BCUT2D eigenvalue weighted by Gasteiger charge is -2.33. The fourth-order valence-electron chi connectivity index (χ4n) is 2.64. The third kappa shape index (κ3) is 4.80. The number of unbranched alkanes of at least 4 members (excludes halogenated alkanes) is 2. The summed E-state index contributed by atoms with van der Waals surface area (Å²) in [6.45, 7) is 4.91. The van der Waals surface area contributed by atoms with Crippen molar-refractivity contribution in [3.05, 3.63) is 29.8 Å². The van der Waals surface area contributed by atoms with E-state index in [0.29, 0.717) is 0 Å². The molecule has 1 aromatic rings. The van der Waals surface area contributed by atoms with E-state index < -0.39 is 5.60 Å². The minimum absolute atomic E-state index is 0.0928. The number of ether oxygens (including phenoxy) is 1. The molecule has 0 aliphatic heterocycles. The van der Waals surface area contributed by atoms with Crippen LogP contribution in [-0.2, 0) is 0 Å². The van der Waals surface area contributed by atoms with Crippen molar-refractivity contribution in [3.63, 3.8) is 0 Å². The molecule has 0 radical (unpaired) electrons. The van der Waals surface area contributed by atoms with Crippen LogP contribution in [0.5, 0.6) is 5.75 Å². The van der Waals surface area contributed by atoms with Crippen LogP contribution in [0.25, 0.3) is 0 Å². The van der Waals surface area contributed by atoms with Crippen molar-refractivity contribution >= 4 is 0 Å². The summed E-state index contributed by atoms with van der Waals surface area (Å²) in [6.07, 6.45) is 4.25. The van der Waals surface area contributed by atoms with Crippen molar-refractivity contribution in [2.24, 2.45) is 0 Å². The van der Waals surface area contributed by atoms with Crippen molar-refractivity contribution in [1.82, 2.24) is 5.32 Å². The standard InChI is InChI=1S/C17H29NO2/c1-5-6-7-12-17(2,19)16(13-18-3)14-8-10-15(20-4)11-9-14/h8-11,16,18-19H,5-7,12-13H2,1-4H3. The Balaban J connectivity index is 2.84. The minimum Gasteiger partial charge on any atom is -0.497 e. The Morgan fingerprint density at radius 1 is 1.25 bits per heavy atom. The molecular formula is C17H29NO2. The monoisotopic (exact) mass is 279 g/mol. The Kier molecular flexibility index (Phi) is 7.03. The highest BCUT2D eigenvalue weighted by atomic mass is 16.5. The van der Waals surface area contributed by atoms with E-state index in [9.17, 15) is 5.11 Å². The molecule has 0 aliphatic carbocycles. The van der Waals surface area contributed by atoms with Crippen molar-refractivity contribution in [2.75, 3.05) is 20.7 Å². The highest BCUT2D eigenvalue weighted by molar-refractivity contribution is 5.31. The average molecular weight is 279 g/mol. The summed E-state index contributed by atoms with van der Waals surface area (Å²) in [7, 11) is 3.60. The number of hydrogen-bond acceptors (Lipinski definition) is 3. The Labute approximate surface area is 123 Å². The summed E-state index contributed by atoms with van der Waals surface area (Å²) in [5.41, 5.74) is 0.467. The third-order valence-corrected chi connectivity index (χ3v) is 3.96. The maximum Gasteiger partial charge on any atom is 0.118 e. The number of methoxy groups -OCH3 is 1. The topological polar surface area (TPSA) is 41.5 Å². The Morgan fingerprint density at radius 2 is 1.90 bits per heavy atom. The molecule has 3 heteroatoms. The molecule has 0 saturated heterocycles. The first-order valence-corrected chi connectivity index (χ1v) is 7.56. The predicted molar refractivity (Wildman–Crippen MR) is 84.4 cm³/mol. The summed E-state index contributed by atoms with van der Waals surface area (Å²) in [4.78, 5) is 0. The van der Waals surface area contributed by atoms with E-state index in [1.165, 1.54) is 12.8 Å². The van der Waals surface area contributed by atoms with Crippen molar-refractivity contribution < 1.29 is 9.84 Å². The van der Waals surface area contributed by atoms with Gasteiger partial charge in [0, 0.05) is 12.5 Å². The zero-order chi connectivity index (χ0) is 15.0. The van der Waals surface area contributed by atoms with E-state index >= 15 is 0 Å². The van der Waals surface area contributed by atoms with Gasteiger partial charge in [-0.3, -0.25) is 0 Å². The molecule has 0 spiro atoms. The van der Waals surface area contributed by atoms with Gasteiger partial charge in [0.25, 0.3) is 0 Å². The first kappa shape index (κ1) is 17.0. The van der Waals surface area contributed by atoms with Gasteiger partial charge in [0.05, 0.1) is 12.7 Å². The van der Waals surface area contributed by atoms with Crippen LogP contribution < -0.4 is 10.1 Å². The zero-order valence-electron chi connectivity index (χ0n) is 13.3. The maximum atomic E-state index is 10.8. The van der Waals surface area contributed by atoms with Gasteiger partial charge >= 0.3 is 0 Å². The summed E-state index contributed by atoms with van der Waals surface area (Å²) >= 11 is 0. The molecule has 114 valence electrons. The van der Waals surface area contributed by atoms with Gasteiger partial charge in [-0.25, -0.2) is 0 Å². The highest BCUT2D eigenvalue weighted by Crippen LogP contribution is 2.33. The first-order valence-electron chi connectivity index (χ1n) is 7.56. The number of likely N-dealkylation sites (N-methyl/N-ethyl adjacent to an activating group) is 1. The molecular weight excluding hydrogens is 250 g/mol. The normalized spacial score (nSPS) is 15.7. The molecule has 2 N–H and O–H groups in total. The number of nitrogens with one attached hydrogen (secondary N) is 1. The first-order chi connectivity index (χ1) is 9.55. The molecule has 0 aliphatic rings. The Morgan fingerprint density at radius 3 is 2.40 bits per heavy atom. The lowest BCUT2D eigenvalue weighted by atomic mass is 9.80. The highest BCUT2D eigenvalue weighted by Gasteiger charge is 2.32. The lowest BCUT2D eigenvalue weighted by molar-refractivity contribution is 0.0200. The SMILES string of the molecule is CCCCCC(C)(O)C(CNC)c1ccc(OC)cc1. The number of rotatable bonds is 9. The van der Waals surface area contributed by atoms with Crippen molar-refractivity contribution in [3.8, 4) is 5.75 Å². The summed E-state index contributed by atoms with van der Waals surface area (Å²) in [5.74, 6) is 0.942. The smallest absolute Gasteiger partial charge is 0.118 e. The van der Waals surface area contributed by atoms with Crippen LogP contribution in [0.3, 0.4) is 0 Å². The molecule has 1 rings (SSSR count). The van der Waals surface area contributed by atoms with E-state index in [4.69, 9.17) is 4.74 Å². The molecule has 0 bridgehead atoms. The van der Waals surface area contributed by atoms with Crippen molar-refractivity contribution in [1.29, 1.82) is 0 Å². The molecule has 0 aromatic heterocycles. The van der Waals surface area contributed by atoms with Crippen LogP contribution >= 0.6 is 0 Å². The molecule has 0 heterocycles. The molecule has 20 heavy (non-hydrogen) atoms. The van der Waals surface area contributed by atoms with Crippen LogP contribution in [0.15, 0.2) is 24.3 Å². The van der Waals surface area contributed by atoms with E-state index in [2.05, 4.69) is 24.4 Å². The fourth-order valence-corrected chi connectivity index (χ4v) is 2.64. The van der Waals surface area contributed by atoms with E-state index in [0.717, 1.165) is 30.7 Å². The molecule has 0 amide bonds. The van der Waals surface area contributed by atoms with Crippen LogP contribution in [0.1, 0.15) is 51.0 Å². The summed E-state index contributed by atoms with van der Waals surface area (Å²) in [6, 6.07) is 8.02. The van der Waals surface area contributed by atoms with Gasteiger partial charge in [0.1, 0.15) is 5.75 Å². The maximum absolute atomic E-state index is 10.8. The second-order valence-corrected chi connectivity index (χ2v) is 5.70. The van der Waals surface area contributed by atoms with Gasteiger partial charge in [-0.2, -0.15) is 0 Å². The quantitative estimate of drug-likeness (QED) is 0.681. The third-order valence-electron chi connectivity index (χ3n) is 3.96. The summed E-state index contributed by atoms with van der Waals surface area (Å²) < 4.78 is 5.20. The molecule has 1 aromatic carbocycles.